The van der Waals surface area contributed by atoms with Gasteiger partial charge >= 0.3 is 0 Å². The van der Waals surface area contributed by atoms with Crippen LogP contribution in [-0.2, 0) is 4.74 Å². The van der Waals surface area contributed by atoms with Gasteiger partial charge < -0.3 is 14.5 Å². The van der Waals surface area contributed by atoms with Crippen molar-refractivity contribution < 1.29 is 9.15 Å². The van der Waals surface area contributed by atoms with E-state index < -0.39 is 0 Å². The number of aromatic nitrogens is 2. The Hall–Kier alpha value is -2.60. The summed E-state index contributed by atoms with van der Waals surface area (Å²) in [4.78, 5) is 16.4. The van der Waals surface area contributed by atoms with Crippen molar-refractivity contribution in [1.29, 1.82) is 0 Å². The number of hydrogen-bond acceptors (Lipinski definition) is 5. The fourth-order valence-corrected chi connectivity index (χ4v) is 2.12. The lowest BCUT2D eigenvalue weighted by molar-refractivity contribution is 0.0943. The molecule has 0 bridgehead atoms. The number of furan rings is 1. The van der Waals surface area contributed by atoms with E-state index in [4.69, 9.17) is 9.15 Å². The highest BCUT2D eigenvalue weighted by atomic mass is 16.5. The van der Waals surface area contributed by atoms with Gasteiger partial charge in [0.1, 0.15) is 23.3 Å². The Bertz CT molecular complexity index is 780. The van der Waals surface area contributed by atoms with E-state index in [9.17, 15) is 4.79 Å². The molecule has 3 heterocycles. The number of nitrogens with zero attached hydrogens (tertiary/aromatic N) is 2. The number of anilines is 1. The van der Waals surface area contributed by atoms with Gasteiger partial charge in [-0.15, -0.1) is 0 Å². The van der Waals surface area contributed by atoms with Gasteiger partial charge in [0.25, 0.3) is 5.56 Å². The minimum atomic E-state index is -0.240. The summed E-state index contributed by atoms with van der Waals surface area (Å²) in [5, 5.41) is 3.11. The highest BCUT2D eigenvalue weighted by Crippen LogP contribution is 2.17. The highest BCUT2D eigenvalue weighted by Gasteiger charge is 2.13. The molecule has 0 saturated carbocycles. The van der Waals surface area contributed by atoms with Crippen LogP contribution in [0.5, 0.6) is 0 Å². The van der Waals surface area contributed by atoms with E-state index in [1.807, 2.05) is 18.2 Å². The predicted octanol–water partition coefficient (Wildman–Crippen LogP) is 2.09. The Morgan fingerprint density at radius 3 is 3.05 bits per heavy atom. The van der Waals surface area contributed by atoms with Crippen molar-refractivity contribution in [3.63, 3.8) is 0 Å². The molecule has 0 aliphatic heterocycles. The zero-order valence-corrected chi connectivity index (χ0v) is 11.5. The maximum atomic E-state index is 12.0. The number of rotatable bonds is 5. The van der Waals surface area contributed by atoms with Gasteiger partial charge in [-0.1, -0.05) is 6.07 Å². The lowest BCUT2D eigenvalue weighted by Gasteiger charge is -2.14. The maximum absolute atomic E-state index is 12.0. The first-order valence-corrected chi connectivity index (χ1v) is 6.56. The van der Waals surface area contributed by atoms with E-state index in [-0.39, 0.29) is 11.7 Å². The monoisotopic (exact) mass is 285 g/mol. The third-order valence-corrected chi connectivity index (χ3v) is 3.18. The Morgan fingerprint density at radius 1 is 1.38 bits per heavy atom. The van der Waals surface area contributed by atoms with Gasteiger partial charge in [-0.05, 0) is 24.3 Å². The molecular weight excluding hydrogens is 270 g/mol. The second-order valence-electron chi connectivity index (χ2n) is 4.53. The molecule has 3 rings (SSSR count). The summed E-state index contributed by atoms with van der Waals surface area (Å²) in [6, 6.07) is 10.5. The van der Waals surface area contributed by atoms with Gasteiger partial charge in [0.2, 0.25) is 0 Å². The van der Waals surface area contributed by atoms with E-state index in [0.717, 1.165) is 5.76 Å². The summed E-state index contributed by atoms with van der Waals surface area (Å²) in [5.74, 6) is 1.24. The Kier molecular flexibility index (Phi) is 3.70. The van der Waals surface area contributed by atoms with Crippen molar-refractivity contribution in [2.45, 2.75) is 6.10 Å². The topological polar surface area (TPSA) is 68.8 Å². The van der Waals surface area contributed by atoms with Crippen molar-refractivity contribution in [1.82, 2.24) is 9.38 Å². The second kappa shape index (κ2) is 5.80. The summed E-state index contributed by atoms with van der Waals surface area (Å²) in [6.45, 7) is 0.458. The molecule has 0 amide bonds. The van der Waals surface area contributed by atoms with Crippen molar-refractivity contribution in [2.24, 2.45) is 0 Å². The molecule has 0 aliphatic carbocycles. The fraction of sp³-hybridized carbons (Fsp3) is 0.200. The average Bonchev–Trinajstić information content (AvgIpc) is 3.02. The van der Waals surface area contributed by atoms with Crippen LogP contribution in [0.4, 0.5) is 5.82 Å². The number of methoxy groups -OCH3 is 1. The molecule has 6 heteroatoms. The molecular formula is C15H15N3O3. The van der Waals surface area contributed by atoms with Crippen molar-refractivity contribution in [3.8, 4) is 0 Å². The first kappa shape index (κ1) is 13.4. The van der Waals surface area contributed by atoms with Crippen molar-refractivity contribution in [2.75, 3.05) is 19.0 Å². The molecule has 0 spiro atoms. The predicted molar refractivity (Wildman–Crippen MR) is 78.4 cm³/mol. The Morgan fingerprint density at radius 2 is 2.29 bits per heavy atom. The van der Waals surface area contributed by atoms with Crippen LogP contribution >= 0.6 is 0 Å². The van der Waals surface area contributed by atoms with Gasteiger partial charge in [0.05, 0.1) is 6.26 Å². The molecule has 1 unspecified atom stereocenters. The molecule has 0 saturated heterocycles. The number of hydrogen-bond donors (Lipinski definition) is 1. The van der Waals surface area contributed by atoms with E-state index in [0.29, 0.717) is 18.0 Å². The molecule has 3 aromatic rings. The summed E-state index contributed by atoms with van der Waals surface area (Å²) in [7, 11) is 1.61. The second-order valence-corrected chi connectivity index (χ2v) is 4.53. The maximum Gasteiger partial charge on any atom is 0.259 e. The van der Waals surface area contributed by atoms with Crippen LogP contribution in [0.15, 0.2) is 58.1 Å². The number of fused-ring (bicyclic) bond motifs is 1. The van der Waals surface area contributed by atoms with Gasteiger partial charge in [-0.3, -0.25) is 9.20 Å². The van der Waals surface area contributed by atoms with E-state index in [1.165, 1.54) is 10.5 Å². The third-order valence-electron chi connectivity index (χ3n) is 3.18. The van der Waals surface area contributed by atoms with Crippen LogP contribution in [-0.4, -0.2) is 23.0 Å². The van der Waals surface area contributed by atoms with Crippen LogP contribution in [0.2, 0.25) is 0 Å². The normalized spacial score (nSPS) is 12.4. The molecule has 6 nitrogen and oxygen atoms in total. The average molecular weight is 285 g/mol. The molecule has 0 aromatic carbocycles. The smallest absolute Gasteiger partial charge is 0.259 e. The molecule has 0 radical (unpaired) electrons. The lowest BCUT2D eigenvalue weighted by Crippen LogP contribution is -2.19. The SMILES string of the molecule is COC(CNc1cc(=O)n2ccccc2n1)c1ccco1. The van der Waals surface area contributed by atoms with Crippen LogP contribution in [0.3, 0.4) is 0 Å². The van der Waals surface area contributed by atoms with Crippen LogP contribution < -0.4 is 10.9 Å². The molecule has 3 aromatic heterocycles. The van der Waals surface area contributed by atoms with Crippen molar-refractivity contribution in [3.05, 3.63) is 65.0 Å². The molecule has 0 fully saturated rings. The minimum Gasteiger partial charge on any atom is -0.467 e. The zero-order valence-electron chi connectivity index (χ0n) is 11.5. The van der Waals surface area contributed by atoms with Crippen LogP contribution in [0.25, 0.3) is 5.65 Å². The van der Waals surface area contributed by atoms with Gasteiger partial charge in [-0.25, -0.2) is 4.98 Å². The first-order valence-electron chi connectivity index (χ1n) is 6.56. The summed E-state index contributed by atoms with van der Waals surface area (Å²) >= 11 is 0. The molecule has 21 heavy (non-hydrogen) atoms. The van der Waals surface area contributed by atoms with Gasteiger partial charge in [-0.2, -0.15) is 0 Å². The third kappa shape index (κ3) is 2.80. The molecule has 0 aliphatic rings. The molecule has 108 valence electrons. The number of nitrogens with one attached hydrogen (secondary N) is 1. The van der Waals surface area contributed by atoms with E-state index >= 15 is 0 Å². The zero-order chi connectivity index (χ0) is 14.7. The standard InChI is InChI=1S/C15H15N3O3/c1-20-12(11-5-4-8-21-11)10-16-13-9-15(19)18-7-3-2-6-14(18)17-13/h2-9,12,16H,10H2,1H3. The largest absolute Gasteiger partial charge is 0.467 e. The Labute approximate surface area is 121 Å². The molecule has 1 atom stereocenters. The van der Waals surface area contributed by atoms with E-state index in [1.54, 1.807) is 31.7 Å². The highest BCUT2D eigenvalue weighted by molar-refractivity contribution is 5.46. The summed E-state index contributed by atoms with van der Waals surface area (Å²) in [6.07, 6.45) is 3.05. The van der Waals surface area contributed by atoms with Gasteiger partial charge in [0, 0.05) is 25.9 Å². The fourth-order valence-electron chi connectivity index (χ4n) is 2.12. The summed E-state index contributed by atoms with van der Waals surface area (Å²) in [5.41, 5.74) is 0.467. The summed E-state index contributed by atoms with van der Waals surface area (Å²) < 4.78 is 12.2. The van der Waals surface area contributed by atoms with Crippen LogP contribution in [0.1, 0.15) is 11.9 Å². The number of pyridine rings is 1. The minimum absolute atomic E-state index is 0.130. The van der Waals surface area contributed by atoms with E-state index in [2.05, 4.69) is 10.3 Å². The first-order chi connectivity index (χ1) is 10.3. The lowest BCUT2D eigenvalue weighted by atomic mass is 10.2. The molecule has 1 N–H and O–H groups in total. The Balaban J connectivity index is 1.80. The van der Waals surface area contributed by atoms with Gasteiger partial charge in [0.15, 0.2) is 0 Å². The van der Waals surface area contributed by atoms with Crippen LogP contribution in [0, 0.1) is 0 Å². The quantitative estimate of drug-likeness (QED) is 0.777. The van der Waals surface area contributed by atoms with Crippen molar-refractivity contribution >= 4 is 11.5 Å². The number of ether oxygens (including phenoxy) is 1.